The molecule has 0 aliphatic carbocycles. The van der Waals surface area contributed by atoms with Crippen LogP contribution in [0.3, 0.4) is 0 Å². The molecule has 7 heteroatoms. The van der Waals surface area contributed by atoms with E-state index in [0.29, 0.717) is 36.7 Å². The van der Waals surface area contributed by atoms with E-state index in [2.05, 4.69) is 22.2 Å². The maximum Gasteiger partial charge on any atom is 0.330 e. The number of aryl methyl sites for hydroxylation is 2. The van der Waals surface area contributed by atoms with Crippen LogP contribution in [-0.4, -0.2) is 25.6 Å². The Hall–Kier alpha value is -2.05. The summed E-state index contributed by atoms with van der Waals surface area (Å²) >= 11 is 0. The van der Waals surface area contributed by atoms with Crippen LogP contribution in [0.25, 0.3) is 11.2 Å². The Balaban J connectivity index is 2.74. The molecule has 2 rings (SSSR count). The van der Waals surface area contributed by atoms with Crippen molar-refractivity contribution < 1.29 is 0 Å². The molecule has 0 aliphatic rings. The molecule has 2 aromatic heterocycles. The van der Waals surface area contributed by atoms with Crippen molar-refractivity contribution in [3.8, 4) is 0 Å². The lowest BCUT2D eigenvalue weighted by Crippen LogP contribution is -2.31. The number of unbranched alkanes of at least 4 members (excludes halogenated alkanes) is 1. The minimum atomic E-state index is -0.389. The van der Waals surface area contributed by atoms with Crippen molar-refractivity contribution in [2.24, 2.45) is 0 Å². The second kappa shape index (κ2) is 5.94. The van der Waals surface area contributed by atoms with Crippen molar-refractivity contribution in [1.29, 1.82) is 0 Å². The fourth-order valence-corrected chi connectivity index (χ4v) is 2.30. The van der Waals surface area contributed by atoms with E-state index < -0.39 is 0 Å². The molecule has 0 spiro atoms. The molecule has 0 saturated heterocycles. The molecule has 7 nitrogen and oxygen atoms in total. The Kier molecular flexibility index (Phi) is 4.26. The van der Waals surface area contributed by atoms with E-state index >= 15 is 0 Å². The summed E-state index contributed by atoms with van der Waals surface area (Å²) in [6.07, 6.45) is 1.85. The molecule has 20 heavy (non-hydrogen) atoms. The van der Waals surface area contributed by atoms with Crippen molar-refractivity contribution in [1.82, 2.24) is 19.1 Å². The van der Waals surface area contributed by atoms with Gasteiger partial charge in [0.15, 0.2) is 11.2 Å². The Labute approximate surface area is 116 Å². The first kappa shape index (κ1) is 14.4. The molecule has 0 radical (unpaired) electrons. The molecular weight excluding hydrogens is 258 g/mol. The van der Waals surface area contributed by atoms with Gasteiger partial charge in [-0.1, -0.05) is 13.3 Å². The molecular formula is C13H21N5O2. The van der Waals surface area contributed by atoms with Gasteiger partial charge < -0.3 is 9.88 Å². The zero-order valence-corrected chi connectivity index (χ0v) is 12.2. The van der Waals surface area contributed by atoms with Crippen LogP contribution in [0.5, 0.6) is 0 Å². The lowest BCUT2D eigenvalue weighted by molar-refractivity contribution is 0.613. The SMILES string of the molecule is CCCCn1c(=O)[nH]c(=O)c2c1nc(NCC)n2CC. The quantitative estimate of drug-likeness (QED) is 0.830. The molecule has 0 unspecified atom stereocenters. The molecule has 0 atom stereocenters. The first-order chi connectivity index (χ1) is 9.63. The van der Waals surface area contributed by atoms with Crippen LogP contribution in [0, 0.1) is 0 Å². The zero-order valence-electron chi connectivity index (χ0n) is 12.2. The number of imidazole rings is 1. The zero-order chi connectivity index (χ0) is 14.7. The predicted molar refractivity (Wildman–Crippen MR) is 79.4 cm³/mol. The van der Waals surface area contributed by atoms with Gasteiger partial charge in [-0.15, -0.1) is 0 Å². The van der Waals surface area contributed by atoms with Crippen LogP contribution >= 0.6 is 0 Å². The average molecular weight is 279 g/mol. The Morgan fingerprint density at radius 1 is 1.20 bits per heavy atom. The third kappa shape index (κ3) is 2.35. The third-order valence-corrected chi connectivity index (χ3v) is 3.27. The van der Waals surface area contributed by atoms with Crippen LogP contribution in [0.2, 0.25) is 0 Å². The van der Waals surface area contributed by atoms with E-state index in [1.165, 1.54) is 0 Å². The molecule has 0 aliphatic heterocycles. The number of hydrogen-bond acceptors (Lipinski definition) is 4. The first-order valence-corrected chi connectivity index (χ1v) is 7.11. The van der Waals surface area contributed by atoms with Gasteiger partial charge in [-0.25, -0.2) is 4.79 Å². The number of hydrogen-bond donors (Lipinski definition) is 2. The number of nitrogens with one attached hydrogen (secondary N) is 2. The van der Waals surface area contributed by atoms with Crippen LogP contribution in [0.15, 0.2) is 9.59 Å². The van der Waals surface area contributed by atoms with E-state index in [1.807, 2.05) is 13.8 Å². The summed E-state index contributed by atoms with van der Waals surface area (Å²) in [6.45, 7) is 7.86. The van der Waals surface area contributed by atoms with Crippen LogP contribution in [-0.2, 0) is 13.1 Å². The van der Waals surface area contributed by atoms with Gasteiger partial charge in [0.1, 0.15) is 0 Å². The number of H-pyrrole nitrogens is 1. The lowest BCUT2D eigenvalue weighted by atomic mass is 10.3. The van der Waals surface area contributed by atoms with E-state index in [9.17, 15) is 9.59 Å². The minimum absolute atomic E-state index is 0.378. The molecule has 2 heterocycles. The number of aromatic amines is 1. The minimum Gasteiger partial charge on any atom is -0.356 e. The van der Waals surface area contributed by atoms with Gasteiger partial charge in [0.2, 0.25) is 5.95 Å². The third-order valence-electron chi connectivity index (χ3n) is 3.27. The molecule has 0 saturated carbocycles. The first-order valence-electron chi connectivity index (χ1n) is 7.11. The van der Waals surface area contributed by atoms with Gasteiger partial charge in [0.05, 0.1) is 0 Å². The standard InChI is InChI=1S/C13H21N5O2/c1-4-7-8-18-10-9(11(19)16-13(18)20)17(6-3)12(15-10)14-5-2/h4-8H2,1-3H3,(H,14,15)(H,16,19,20). The highest BCUT2D eigenvalue weighted by Gasteiger charge is 2.16. The predicted octanol–water partition coefficient (Wildman–Crippen LogP) is 1.14. The van der Waals surface area contributed by atoms with Crippen molar-refractivity contribution in [2.45, 2.75) is 46.7 Å². The molecule has 0 bridgehead atoms. The van der Waals surface area contributed by atoms with Gasteiger partial charge >= 0.3 is 5.69 Å². The van der Waals surface area contributed by atoms with Crippen LogP contribution in [0.4, 0.5) is 5.95 Å². The summed E-state index contributed by atoms with van der Waals surface area (Å²) in [5, 5.41) is 3.13. The molecule has 0 aromatic carbocycles. The second-order valence-corrected chi connectivity index (χ2v) is 4.65. The molecule has 0 fully saturated rings. The van der Waals surface area contributed by atoms with E-state index in [-0.39, 0.29) is 11.2 Å². The van der Waals surface area contributed by atoms with Gasteiger partial charge in [-0.05, 0) is 20.3 Å². The van der Waals surface area contributed by atoms with Gasteiger partial charge in [0.25, 0.3) is 5.56 Å². The summed E-state index contributed by atoms with van der Waals surface area (Å²) in [7, 11) is 0. The van der Waals surface area contributed by atoms with E-state index in [4.69, 9.17) is 0 Å². The topological polar surface area (TPSA) is 84.7 Å². The van der Waals surface area contributed by atoms with E-state index in [0.717, 1.165) is 12.8 Å². The van der Waals surface area contributed by atoms with Crippen molar-refractivity contribution in [3.05, 3.63) is 20.8 Å². The Morgan fingerprint density at radius 3 is 2.55 bits per heavy atom. The summed E-state index contributed by atoms with van der Waals surface area (Å²) in [6, 6.07) is 0. The fraction of sp³-hybridized carbons (Fsp3) is 0.615. The monoisotopic (exact) mass is 279 g/mol. The van der Waals surface area contributed by atoms with Gasteiger partial charge in [-0.2, -0.15) is 4.98 Å². The summed E-state index contributed by atoms with van der Waals surface area (Å²) in [5.41, 5.74) is 0.153. The maximum atomic E-state index is 12.1. The second-order valence-electron chi connectivity index (χ2n) is 4.65. The van der Waals surface area contributed by atoms with Gasteiger partial charge in [0, 0.05) is 19.6 Å². The highest BCUT2D eigenvalue weighted by atomic mass is 16.2. The number of anilines is 1. The molecule has 2 aromatic rings. The number of nitrogens with zero attached hydrogens (tertiary/aromatic N) is 3. The van der Waals surface area contributed by atoms with Crippen LogP contribution < -0.4 is 16.6 Å². The fourth-order valence-electron chi connectivity index (χ4n) is 2.30. The molecule has 2 N–H and O–H groups in total. The Bertz CT molecular complexity index is 710. The number of aromatic nitrogens is 4. The van der Waals surface area contributed by atoms with Gasteiger partial charge in [-0.3, -0.25) is 14.3 Å². The number of rotatable bonds is 6. The molecule has 110 valence electrons. The highest BCUT2D eigenvalue weighted by molar-refractivity contribution is 5.74. The smallest absolute Gasteiger partial charge is 0.330 e. The average Bonchev–Trinajstić information content (AvgIpc) is 2.77. The normalized spacial score (nSPS) is 11.2. The molecule has 0 amide bonds. The largest absolute Gasteiger partial charge is 0.356 e. The van der Waals surface area contributed by atoms with Crippen molar-refractivity contribution >= 4 is 17.1 Å². The number of fused-ring (bicyclic) bond motifs is 1. The maximum absolute atomic E-state index is 12.1. The van der Waals surface area contributed by atoms with Crippen LogP contribution in [0.1, 0.15) is 33.6 Å². The summed E-state index contributed by atoms with van der Waals surface area (Å²) < 4.78 is 3.35. The lowest BCUT2D eigenvalue weighted by Gasteiger charge is -2.06. The van der Waals surface area contributed by atoms with Crippen molar-refractivity contribution in [3.63, 3.8) is 0 Å². The van der Waals surface area contributed by atoms with Crippen molar-refractivity contribution in [2.75, 3.05) is 11.9 Å². The van der Waals surface area contributed by atoms with E-state index in [1.54, 1.807) is 9.13 Å². The highest BCUT2D eigenvalue weighted by Crippen LogP contribution is 2.15. The summed E-state index contributed by atoms with van der Waals surface area (Å²) in [5.74, 6) is 0.631. The summed E-state index contributed by atoms with van der Waals surface area (Å²) in [4.78, 5) is 30.9. The Morgan fingerprint density at radius 2 is 1.95 bits per heavy atom.